The van der Waals surface area contributed by atoms with Crippen molar-refractivity contribution in [2.45, 2.75) is 78.3 Å². The first-order valence-corrected chi connectivity index (χ1v) is 20.9. The Balaban J connectivity index is 0.000000542. The molecule has 2 aliphatic heterocycles. The van der Waals surface area contributed by atoms with Crippen LogP contribution in [0.1, 0.15) is 64.5 Å². The predicted molar refractivity (Wildman–Crippen MR) is 237 cm³/mol. The molecule has 2 fully saturated rings. The summed E-state index contributed by atoms with van der Waals surface area (Å²) < 4.78 is 0. The van der Waals surface area contributed by atoms with Gasteiger partial charge < -0.3 is 30.2 Å². The molecule has 2 unspecified atom stereocenters. The van der Waals surface area contributed by atoms with Crippen molar-refractivity contribution in [2.24, 2.45) is 0 Å². The largest absolute Gasteiger partial charge is 0.330 e. The number of nitrogens with one attached hydrogen (secondary N) is 2. The summed E-state index contributed by atoms with van der Waals surface area (Å²) in [7, 11) is 4.22. The molecule has 0 saturated carbocycles. The van der Waals surface area contributed by atoms with Crippen LogP contribution in [0.15, 0.2) is 109 Å². The second-order valence-electron chi connectivity index (χ2n) is 14.9. The lowest BCUT2D eigenvalue weighted by atomic mass is 10.0. The third kappa shape index (κ3) is 14.0. The molecule has 4 aromatic rings. The Morgan fingerprint density at radius 3 is 1.14 bits per heavy atom. The van der Waals surface area contributed by atoms with Crippen LogP contribution < -0.4 is 10.6 Å². The first-order valence-electron chi connectivity index (χ1n) is 20.9. The van der Waals surface area contributed by atoms with Crippen LogP contribution in [0.3, 0.4) is 0 Å². The molecule has 0 aromatic heterocycles. The van der Waals surface area contributed by atoms with E-state index in [4.69, 9.17) is 0 Å². The number of likely N-dealkylation sites (tertiary alicyclic amines) is 2. The van der Waals surface area contributed by atoms with E-state index in [2.05, 4.69) is 62.2 Å². The Morgan fingerprint density at radius 1 is 0.517 bits per heavy atom. The highest BCUT2D eigenvalue weighted by Gasteiger charge is 2.35. The van der Waals surface area contributed by atoms with Crippen molar-refractivity contribution in [1.29, 1.82) is 0 Å². The third-order valence-electron chi connectivity index (χ3n) is 10.9. The quantitative estimate of drug-likeness (QED) is 0.145. The fraction of sp³-hybridized carbons (Fsp3) is 0.417. The molecule has 58 heavy (non-hydrogen) atoms. The fourth-order valence-electron chi connectivity index (χ4n) is 6.81. The zero-order chi connectivity index (χ0) is 41.9. The number of nitrogens with zero attached hydrogens (tertiary/aromatic N) is 4. The van der Waals surface area contributed by atoms with E-state index in [1.807, 2.05) is 109 Å². The second kappa shape index (κ2) is 23.8. The molecule has 0 aliphatic carbocycles. The molecule has 6 rings (SSSR count). The minimum Gasteiger partial charge on any atom is -0.330 e. The van der Waals surface area contributed by atoms with Gasteiger partial charge in [0, 0.05) is 24.5 Å². The second-order valence-corrected chi connectivity index (χ2v) is 14.9. The smallest absolute Gasteiger partial charge is 0.247 e. The van der Waals surface area contributed by atoms with E-state index in [0.29, 0.717) is 37.3 Å². The molecule has 0 spiro atoms. The highest BCUT2D eigenvalue weighted by Crippen LogP contribution is 2.26. The summed E-state index contributed by atoms with van der Waals surface area (Å²) in [5.74, 6) is -0.407. The molecular weight excluding hydrogens is 725 g/mol. The number of hydrogen-bond donors (Lipinski definition) is 2. The highest BCUT2D eigenvalue weighted by atomic mass is 16.2. The van der Waals surface area contributed by atoms with Gasteiger partial charge in [-0.15, -0.1) is 0 Å². The van der Waals surface area contributed by atoms with E-state index < -0.39 is 12.1 Å². The molecule has 0 bridgehead atoms. The Kier molecular flexibility index (Phi) is 18.6. The minimum absolute atomic E-state index is 0.0315. The van der Waals surface area contributed by atoms with Crippen LogP contribution in [0.2, 0.25) is 0 Å². The van der Waals surface area contributed by atoms with E-state index in [1.165, 1.54) is 0 Å². The lowest BCUT2D eigenvalue weighted by molar-refractivity contribution is -0.136. The first-order chi connectivity index (χ1) is 28.1. The topological polar surface area (TPSA) is 105 Å². The molecule has 4 aromatic carbocycles. The van der Waals surface area contributed by atoms with Gasteiger partial charge in [-0.25, -0.2) is 0 Å². The SMILES string of the molecule is CCN(C)CC.CCN(C)CC.O=C(Nc1ccc(-c2ccc(NC(=O)C3CCCN3C(=O)Cc3ccccc3)cc2)cc1)C1CCCN1C(=O)Cc1ccccc1. The minimum atomic E-state index is -0.475. The maximum absolute atomic E-state index is 13.1. The molecule has 2 heterocycles. The zero-order valence-electron chi connectivity index (χ0n) is 35.5. The van der Waals surface area contributed by atoms with Crippen molar-refractivity contribution in [3.63, 3.8) is 0 Å². The third-order valence-corrected chi connectivity index (χ3v) is 10.9. The van der Waals surface area contributed by atoms with Crippen molar-refractivity contribution < 1.29 is 19.2 Å². The van der Waals surface area contributed by atoms with Crippen molar-refractivity contribution in [2.75, 3.05) is 64.0 Å². The summed E-state index contributed by atoms with van der Waals surface area (Å²) >= 11 is 0. The number of amides is 4. The highest BCUT2D eigenvalue weighted by molar-refractivity contribution is 5.99. The summed E-state index contributed by atoms with van der Waals surface area (Å²) in [5.41, 5.74) is 5.15. The molecule has 310 valence electrons. The van der Waals surface area contributed by atoms with Gasteiger partial charge in [0.1, 0.15) is 12.1 Å². The van der Waals surface area contributed by atoms with Gasteiger partial charge in [0.15, 0.2) is 0 Å². The maximum Gasteiger partial charge on any atom is 0.247 e. The molecule has 10 nitrogen and oxygen atoms in total. The van der Waals surface area contributed by atoms with Gasteiger partial charge in [0.05, 0.1) is 12.8 Å². The van der Waals surface area contributed by atoms with Gasteiger partial charge in [-0.05, 0) is 112 Å². The van der Waals surface area contributed by atoms with Crippen molar-refractivity contribution >= 4 is 35.0 Å². The number of hydrogen-bond acceptors (Lipinski definition) is 6. The van der Waals surface area contributed by atoms with E-state index in [9.17, 15) is 19.2 Å². The average Bonchev–Trinajstić information content (AvgIpc) is 3.97. The van der Waals surface area contributed by atoms with Gasteiger partial charge in [-0.3, -0.25) is 19.2 Å². The number of anilines is 2. The van der Waals surface area contributed by atoms with Crippen LogP contribution in [0.25, 0.3) is 11.1 Å². The van der Waals surface area contributed by atoms with Crippen LogP contribution in [0.5, 0.6) is 0 Å². The monoisotopic (exact) mass is 788 g/mol. The summed E-state index contributed by atoms with van der Waals surface area (Å²) in [4.78, 5) is 60.1. The summed E-state index contributed by atoms with van der Waals surface area (Å²) in [5, 5.41) is 5.97. The first kappa shape index (κ1) is 45.4. The zero-order valence-corrected chi connectivity index (χ0v) is 35.5. The van der Waals surface area contributed by atoms with Gasteiger partial charge >= 0.3 is 0 Å². The van der Waals surface area contributed by atoms with Crippen molar-refractivity contribution in [1.82, 2.24) is 19.6 Å². The van der Waals surface area contributed by atoms with Crippen LogP contribution in [0.4, 0.5) is 11.4 Å². The van der Waals surface area contributed by atoms with Crippen molar-refractivity contribution in [3.05, 3.63) is 120 Å². The van der Waals surface area contributed by atoms with E-state index >= 15 is 0 Å². The van der Waals surface area contributed by atoms with Gasteiger partial charge in [0.25, 0.3) is 0 Å². The molecular formula is C48H64N6O4. The summed E-state index contributed by atoms with van der Waals surface area (Å²) in [6, 6.07) is 33.4. The Labute approximate surface area is 346 Å². The van der Waals surface area contributed by atoms with Crippen molar-refractivity contribution in [3.8, 4) is 11.1 Å². The average molecular weight is 789 g/mol. The normalized spacial score (nSPS) is 15.9. The number of carbonyl (C=O) groups excluding carboxylic acids is 4. The van der Waals surface area contributed by atoms with E-state index in [0.717, 1.165) is 61.3 Å². The van der Waals surface area contributed by atoms with Gasteiger partial charge in [-0.1, -0.05) is 113 Å². The van der Waals surface area contributed by atoms with Gasteiger partial charge in [0.2, 0.25) is 23.6 Å². The van der Waals surface area contributed by atoms with Crippen LogP contribution >= 0.6 is 0 Å². The molecule has 2 N–H and O–H groups in total. The molecule has 2 atom stereocenters. The summed E-state index contributed by atoms with van der Waals surface area (Å²) in [6.07, 6.45) is 3.48. The Hall–Kier alpha value is -5.32. The summed E-state index contributed by atoms with van der Waals surface area (Å²) in [6.45, 7) is 14.5. The molecule has 0 radical (unpaired) electrons. The fourth-order valence-corrected chi connectivity index (χ4v) is 6.81. The Bertz CT molecular complexity index is 1710. The number of rotatable bonds is 13. The van der Waals surface area contributed by atoms with Crippen LogP contribution in [-0.2, 0) is 32.0 Å². The lowest BCUT2D eigenvalue weighted by Crippen LogP contribution is -2.43. The van der Waals surface area contributed by atoms with E-state index in [-0.39, 0.29) is 36.5 Å². The molecule has 4 amide bonds. The van der Waals surface area contributed by atoms with Crippen LogP contribution in [-0.4, -0.2) is 109 Å². The lowest BCUT2D eigenvalue weighted by Gasteiger charge is -2.24. The van der Waals surface area contributed by atoms with Gasteiger partial charge in [-0.2, -0.15) is 0 Å². The molecule has 2 aliphatic rings. The standard InChI is InChI=1S/C38H38N4O4.2C5H13N/c43-35(25-27-9-3-1-4-10-27)41-23-7-13-33(41)37(45)39-31-19-15-29(16-20-31)30-17-21-32(22-18-30)40-38(46)34-14-8-24-42(34)36(44)26-28-11-5-2-6-12-28;2*1-4-6(3)5-2/h1-6,9-12,15-22,33-34H,7-8,13-14,23-26H2,(H,39,45)(H,40,46);2*4-5H2,1-3H3. The Morgan fingerprint density at radius 2 is 0.845 bits per heavy atom. The van der Waals surface area contributed by atoms with E-state index in [1.54, 1.807) is 9.80 Å². The molecule has 2 saturated heterocycles. The number of benzene rings is 4. The van der Waals surface area contributed by atoms with Crippen LogP contribution in [0, 0.1) is 0 Å². The predicted octanol–water partition coefficient (Wildman–Crippen LogP) is 7.61. The maximum atomic E-state index is 13.1. The number of carbonyl (C=O) groups is 4. The molecule has 10 heteroatoms.